The van der Waals surface area contributed by atoms with Gasteiger partial charge in [-0.2, -0.15) is 5.26 Å². The van der Waals surface area contributed by atoms with Crippen molar-refractivity contribution in [2.24, 2.45) is 5.41 Å². The van der Waals surface area contributed by atoms with Gasteiger partial charge in [-0.3, -0.25) is 0 Å². The van der Waals surface area contributed by atoms with Gasteiger partial charge < -0.3 is 9.88 Å². The van der Waals surface area contributed by atoms with E-state index in [1.807, 2.05) is 13.8 Å². The van der Waals surface area contributed by atoms with Crippen molar-refractivity contribution in [3.63, 3.8) is 0 Å². The minimum Gasteiger partial charge on any atom is -0.351 e. The number of nitriles is 1. The molecule has 1 N–H and O–H groups in total. The highest BCUT2D eigenvalue weighted by Gasteiger charge is 2.15. The number of rotatable bonds is 5. The molecule has 0 aromatic carbocycles. The summed E-state index contributed by atoms with van der Waals surface area (Å²) in [4.78, 5) is 0. The van der Waals surface area contributed by atoms with Gasteiger partial charge in [0, 0.05) is 31.5 Å². The fraction of sp³-hybridized carbons (Fsp3) is 0.583. The standard InChI is InChI=1S/C12H19N3/c1-4-15-7-5-6-11(15)8-14-10-12(2,3)9-13/h5-7,14H,4,8,10H2,1-3H3. The van der Waals surface area contributed by atoms with Gasteiger partial charge in [0.15, 0.2) is 0 Å². The third-order valence-electron chi connectivity index (χ3n) is 2.44. The second kappa shape index (κ2) is 4.99. The van der Waals surface area contributed by atoms with E-state index in [-0.39, 0.29) is 5.41 Å². The SMILES string of the molecule is CCn1cccc1CNCC(C)(C)C#N. The summed E-state index contributed by atoms with van der Waals surface area (Å²) in [7, 11) is 0. The van der Waals surface area contributed by atoms with E-state index in [1.54, 1.807) is 0 Å². The Morgan fingerprint density at radius 2 is 2.27 bits per heavy atom. The number of hydrogen-bond donors (Lipinski definition) is 1. The van der Waals surface area contributed by atoms with Gasteiger partial charge in [-0.25, -0.2) is 0 Å². The Kier molecular flexibility index (Phi) is 3.93. The second-order valence-electron chi connectivity index (χ2n) is 4.38. The van der Waals surface area contributed by atoms with Crippen molar-refractivity contribution in [2.45, 2.75) is 33.9 Å². The van der Waals surface area contributed by atoms with Gasteiger partial charge in [0.2, 0.25) is 0 Å². The maximum Gasteiger partial charge on any atom is 0.0697 e. The van der Waals surface area contributed by atoms with Crippen molar-refractivity contribution in [1.29, 1.82) is 5.26 Å². The average Bonchev–Trinajstić information content (AvgIpc) is 2.65. The monoisotopic (exact) mass is 205 g/mol. The zero-order chi connectivity index (χ0) is 11.3. The molecule has 0 aliphatic heterocycles. The van der Waals surface area contributed by atoms with Gasteiger partial charge in [-0.1, -0.05) is 0 Å². The van der Waals surface area contributed by atoms with E-state index in [2.05, 4.69) is 41.2 Å². The van der Waals surface area contributed by atoms with Crippen LogP contribution in [-0.4, -0.2) is 11.1 Å². The van der Waals surface area contributed by atoms with E-state index < -0.39 is 0 Å². The lowest BCUT2D eigenvalue weighted by atomic mass is 9.96. The topological polar surface area (TPSA) is 40.8 Å². The molecule has 82 valence electrons. The number of aromatic nitrogens is 1. The van der Waals surface area contributed by atoms with Crippen LogP contribution >= 0.6 is 0 Å². The first kappa shape index (κ1) is 11.8. The molecule has 15 heavy (non-hydrogen) atoms. The Hall–Kier alpha value is -1.27. The van der Waals surface area contributed by atoms with E-state index in [4.69, 9.17) is 5.26 Å². The maximum atomic E-state index is 8.86. The predicted molar refractivity (Wildman–Crippen MR) is 61.2 cm³/mol. The fourth-order valence-corrected chi connectivity index (χ4v) is 1.46. The number of hydrogen-bond acceptors (Lipinski definition) is 2. The quantitative estimate of drug-likeness (QED) is 0.800. The van der Waals surface area contributed by atoms with Crippen molar-refractivity contribution >= 4 is 0 Å². The van der Waals surface area contributed by atoms with Crippen LogP contribution in [0.4, 0.5) is 0 Å². The highest BCUT2D eigenvalue weighted by molar-refractivity contribution is 5.07. The molecule has 1 rings (SSSR count). The van der Waals surface area contributed by atoms with E-state index in [9.17, 15) is 0 Å². The van der Waals surface area contributed by atoms with Crippen LogP contribution in [0.25, 0.3) is 0 Å². The van der Waals surface area contributed by atoms with E-state index in [0.29, 0.717) is 0 Å². The Morgan fingerprint density at radius 1 is 1.53 bits per heavy atom. The van der Waals surface area contributed by atoms with Gasteiger partial charge in [-0.15, -0.1) is 0 Å². The highest BCUT2D eigenvalue weighted by Crippen LogP contribution is 2.11. The minimum atomic E-state index is -0.288. The zero-order valence-electron chi connectivity index (χ0n) is 9.75. The molecule has 3 heteroatoms. The van der Waals surface area contributed by atoms with E-state index in [1.165, 1.54) is 5.69 Å². The van der Waals surface area contributed by atoms with E-state index in [0.717, 1.165) is 19.6 Å². The van der Waals surface area contributed by atoms with Crippen LogP contribution in [0.5, 0.6) is 0 Å². The summed E-state index contributed by atoms with van der Waals surface area (Å²) in [5.74, 6) is 0. The normalized spacial score (nSPS) is 11.3. The molecule has 0 fully saturated rings. The van der Waals surface area contributed by atoms with Crippen molar-refractivity contribution in [3.05, 3.63) is 24.0 Å². The van der Waals surface area contributed by atoms with Crippen LogP contribution in [0.1, 0.15) is 26.5 Å². The van der Waals surface area contributed by atoms with Crippen LogP contribution in [-0.2, 0) is 13.1 Å². The minimum absolute atomic E-state index is 0.288. The molecule has 0 spiro atoms. The Balaban J connectivity index is 2.42. The molecule has 0 saturated carbocycles. The molecule has 1 aromatic heterocycles. The lowest BCUT2D eigenvalue weighted by Gasteiger charge is -2.16. The fourth-order valence-electron chi connectivity index (χ4n) is 1.46. The molecule has 0 amide bonds. The summed E-state index contributed by atoms with van der Waals surface area (Å²) < 4.78 is 2.20. The van der Waals surface area contributed by atoms with Crippen molar-refractivity contribution in [3.8, 4) is 6.07 Å². The molecular formula is C12H19N3. The number of nitrogens with one attached hydrogen (secondary N) is 1. The summed E-state index contributed by atoms with van der Waals surface area (Å²) in [5.41, 5.74) is 0.982. The first-order chi connectivity index (χ1) is 7.09. The number of aryl methyl sites for hydroxylation is 1. The molecule has 0 aliphatic rings. The van der Waals surface area contributed by atoms with Crippen LogP contribution in [0.15, 0.2) is 18.3 Å². The first-order valence-corrected chi connectivity index (χ1v) is 5.35. The Labute approximate surface area is 91.7 Å². The van der Waals surface area contributed by atoms with Crippen molar-refractivity contribution in [2.75, 3.05) is 6.54 Å². The van der Waals surface area contributed by atoms with Gasteiger partial charge >= 0.3 is 0 Å². The smallest absolute Gasteiger partial charge is 0.0697 e. The van der Waals surface area contributed by atoms with Crippen LogP contribution in [0, 0.1) is 16.7 Å². The highest BCUT2D eigenvalue weighted by atomic mass is 15.0. The predicted octanol–water partition coefficient (Wildman–Crippen LogP) is 2.15. The lowest BCUT2D eigenvalue weighted by molar-refractivity contribution is 0.440. The molecule has 0 aliphatic carbocycles. The third-order valence-corrected chi connectivity index (χ3v) is 2.44. The van der Waals surface area contributed by atoms with Gasteiger partial charge in [0.05, 0.1) is 11.5 Å². The summed E-state index contributed by atoms with van der Waals surface area (Å²) >= 11 is 0. The third kappa shape index (κ3) is 3.41. The van der Waals surface area contributed by atoms with Crippen LogP contribution < -0.4 is 5.32 Å². The van der Waals surface area contributed by atoms with Crippen molar-refractivity contribution < 1.29 is 0 Å². The Bertz CT molecular complexity index is 344. The molecule has 0 atom stereocenters. The van der Waals surface area contributed by atoms with E-state index >= 15 is 0 Å². The number of nitrogens with zero attached hydrogens (tertiary/aromatic N) is 2. The lowest BCUT2D eigenvalue weighted by Crippen LogP contribution is -2.28. The summed E-state index contributed by atoms with van der Waals surface area (Å²) in [6.45, 7) is 8.55. The summed E-state index contributed by atoms with van der Waals surface area (Å²) in [6.07, 6.45) is 2.08. The average molecular weight is 205 g/mol. The summed E-state index contributed by atoms with van der Waals surface area (Å²) in [6, 6.07) is 6.44. The largest absolute Gasteiger partial charge is 0.351 e. The summed E-state index contributed by atoms with van der Waals surface area (Å²) in [5, 5.41) is 12.2. The molecule has 3 nitrogen and oxygen atoms in total. The van der Waals surface area contributed by atoms with Gasteiger partial charge in [0.1, 0.15) is 0 Å². The second-order valence-corrected chi connectivity index (χ2v) is 4.38. The zero-order valence-corrected chi connectivity index (χ0v) is 9.75. The maximum absolute atomic E-state index is 8.86. The van der Waals surface area contributed by atoms with Crippen LogP contribution in [0.2, 0.25) is 0 Å². The first-order valence-electron chi connectivity index (χ1n) is 5.35. The molecule has 0 unspecified atom stereocenters. The van der Waals surface area contributed by atoms with Gasteiger partial charge in [-0.05, 0) is 32.9 Å². The Morgan fingerprint density at radius 3 is 2.87 bits per heavy atom. The van der Waals surface area contributed by atoms with Crippen LogP contribution in [0.3, 0.4) is 0 Å². The molecular weight excluding hydrogens is 186 g/mol. The van der Waals surface area contributed by atoms with Gasteiger partial charge in [0.25, 0.3) is 0 Å². The molecule has 0 saturated heterocycles. The molecule has 1 aromatic rings. The molecule has 1 heterocycles. The molecule has 0 bridgehead atoms. The van der Waals surface area contributed by atoms with Crippen molar-refractivity contribution in [1.82, 2.24) is 9.88 Å². The molecule has 0 radical (unpaired) electrons.